The van der Waals surface area contributed by atoms with E-state index in [0.29, 0.717) is 18.2 Å². The van der Waals surface area contributed by atoms with Crippen molar-refractivity contribution in [2.24, 2.45) is 0 Å². The van der Waals surface area contributed by atoms with Crippen molar-refractivity contribution in [2.75, 3.05) is 11.9 Å². The second kappa shape index (κ2) is 3.98. The number of allylic oxidation sites excluding steroid dienone is 1. The van der Waals surface area contributed by atoms with Crippen LogP contribution in [0.4, 0.5) is 5.69 Å². The fourth-order valence-electron chi connectivity index (χ4n) is 3.88. The second-order valence-corrected chi connectivity index (χ2v) is 5.42. The number of benzene rings is 1. The molecule has 2 nitrogen and oxygen atoms in total. The first-order chi connectivity index (χ1) is 8.71. The summed E-state index contributed by atoms with van der Waals surface area (Å²) in [6.45, 7) is 3.87. The van der Waals surface area contributed by atoms with Crippen LogP contribution >= 0.6 is 0 Å². The van der Waals surface area contributed by atoms with E-state index in [4.69, 9.17) is 0 Å². The number of likely N-dealkylation sites (N-methyl/N-ethyl adjacent to an activating group) is 1. The zero-order valence-corrected chi connectivity index (χ0v) is 10.9. The molecule has 1 fully saturated rings. The quantitative estimate of drug-likeness (QED) is 0.742. The average molecular weight is 241 g/mol. The van der Waals surface area contributed by atoms with E-state index in [1.807, 2.05) is 12.1 Å². The molecule has 0 unspecified atom stereocenters. The molecule has 2 heteroatoms. The highest BCUT2D eigenvalue weighted by Gasteiger charge is 2.54. The van der Waals surface area contributed by atoms with Crippen LogP contribution in [0.15, 0.2) is 36.9 Å². The van der Waals surface area contributed by atoms with Crippen molar-refractivity contribution < 1.29 is 4.79 Å². The number of carbonyl (C=O) groups is 1. The Morgan fingerprint density at radius 1 is 1.50 bits per heavy atom. The number of anilines is 1. The van der Waals surface area contributed by atoms with Crippen LogP contribution in [0.3, 0.4) is 0 Å². The van der Waals surface area contributed by atoms with Gasteiger partial charge < -0.3 is 4.90 Å². The monoisotopic (exact) mass is 241 g/mol. The lowest BCUT2D eigenvalue weighted by Gasteiger charge is -2.40. The Hall–Kier alpha value is -1.57. The fraction of sp³-hybridized carbons (Fsp3) is 0.438. The summed E-state index contributed by atoms with van der Waals surface area (Å²) in [6, 6.07) is 8.67. The van der Waals surface area contributed by atoms with E-state index in [-0.39, 0.29) is 5.41 Å². The summed E-state index contributed by atoms with van der Waals surface area (Å²) in [7, 11) is 2.12. The molecule has 2 atom stereocenters. The highest BCUT2D eigenvalue weighted by Crippen LogP contribution is 2.51. The molecule has 0 N–H and O–H groups in total. The predicted octanol–water partition coefficient (Wildman–Crippen LogP) is 3.07. The van der Waals surface area contributed by atoms with Crippen LogP contribution in [0.2, 0.25) is 0 Å². The Labute approximate surface area is 108 Å². The molecular weight excluding hydrogens is 222 g/mol. The number of para-hydroxylation sites is 1. The molecule has 0 radical (unpaired) electrons. The van der Waals surface area contributed by atoms with Crippen molar-refractivity contribution in [2.45, 2.75) is 37.1 Å². The van der Waals surface area contributed by atoms with Gasteiger partial charge in [-0.3, -0.25) is 4.79 Å². The third kappa shape index (κ3) is 1.26. The van der Waals surface area contributed by atoms with Gasteiger partial charge in [-0.1, -0.05) is 24.3 Å². The summed E-state index contributed by atoms with van der Waals surface area (Å²) >= 11 is 0. The molecule has 1 aromatic carbocycles. The molecule has 18 heavy (non-hydrogen) atoms. The smallest absolute Gasteiger partial charge is 0.145 e. The fourth-order valence-corrected chi connectivity index (χ4v) is 3.88. The summed E-state index contributed by atoms with van der Waals surface area (Å²) < 4.78 is 0. The van der Waals surface area contributed by atoms with E-state index in [0.717, 1.165) is 19.3 Å². The Bertz CT molecular complexity index is 508. The van der Waals surface area contributed by atoms with E-state index >= 15 is 0 Å². The molecule has 1 heterocycles. The molecule has 1 aromatic rings. The van der Waals surface area contributed by atoms with Crippen molar-refractivity contribution in [3.63, 3.8) is 0 Å². The number of hydrogen-bond acceptors (Lipinski definition) is 2. The highest BCUT2D eigenvalue weighted by atomic mass is 16.1. The van der Waals surface area contributed by atoms with Crippen LogP contribution in [0.25, 0.3) is 0 Å². The summed E-state index contributed by atoms with van der Waals surface area (Å²) in [5.74, 6) is 0.399. The van der Waals surface area contributed by atoms with Gasteiger partial charge in [-0.05, 0) is 30.9 Å². The minimum atomic E-state index is -0.328. The average Bonchev–Trinajstić information content (AvgIpc) is 2.64. The van der Waals surface area contributed by atoms with Crippen molar-refractivity contribution in [3.05, 3.63) is 42.5 Å². The first kappa shape index (κ1) is 11.5. The number of hydrogen-bond donors (Lipinski definition) is 0. The Kier molecular flexibility index (Phi) is 2.54. The van der Waals surface area contributed by atoms with Crippen molar-refractivity contribution >= 4 is 11.5 Å². The van der Waals surface area contributed by atoms with Gasteiger partial charge >= 0.3 is 0 Å². The van der Waals surface area contributed by atoms with Crippen molar-refractivity contribution in [1.82, 2.24) is 0 Å². The van der Waals surface area contributed by atoms with Crippen LogP contribution < -0.4 is 4.90 Å². The maximum absolute atomic E-state index is 12.6. The van der Waals surface area contributed by atoms with Crippen LogP contribution in [0, 0.1) is 0 Å². The molecule has 0 aromatic heterocycles. The summed E-state index contributed by atoms with van der Waals surface area (Å²) in [6.07, 6.45) is 5.50. The molecule has 1 saturated carbocycles. The zero-order chi connectivity index (χ0) is 12.8. The van der Waals surface area contributed by atoms with Gasteiger partial charge in [0.2, 0.25) is 0 Å². The lowest BCUT2D eigenvalue weighted by molar-refractivity contribution is -0.126. The standard InChI is InChI=1S/C16H19NO/c1-3-11-16-12-7-4-5-8-13(12)17(2)14(16)9-6-10-15(16)18/h3-5,7-8,14H,1,6,9-11H2,2H3/t14-,16+/m1/s1. The molecule has 94 valence electrons. The predicted molar refractivity (Wildman–Crippen MR) is 74.0 cm³/mol. The Morgan fingerprint density at radius 2 is 2.28 bits per heavy atom. The SMILES string of the molecule is C=CC[C@@]12C(=O)CCC[C@H]1N(C)c1ccccc12. The van der Waals surface area contributed by atoms with Crippen LogP contribution in [0.5, 0.6) is 0 Å². The van der Waals surface area contributed by atoms with Gasteiger partial charge in [0.05, 0.1) is 5.41 Å². The van der Waals surface area contributed by atoms with Crippen LogP contribution in [0.1, 0.15) is 31.2 Å². The Morgan fingerprint density at radius 3 is 3.06 bits per heavy atom. The number of Topliss-reactive ketones (excluding diaryl/α,β-unsaturated/α-hetero) is 1. The lowest BCUT2D eigenvalue weighted by atomic mass is 9.65. The van der Waals surface area contributed by atoms with Gasteiger partial charge in [0.25, 0.3) is 0 Å². The highest BCUT2D eigenvalue weighted by molar-refractivity contribution is 5.96. The maximum Gasteiger partial charge on any atom is 0.145 e. The van der Waals surface area contributed by atoms with Crippen LogP contribution in [-0.2, 0) is 10.2 Å². The molecule has 2 aliphatic rings. The summed E-state index contributed by atoms with van der Waals surface area (Å²) in [5.41, 5.74) is 2.10. The van der Waals surface area contributed by atoms with Gasteiger partial charge in [-0.2, -0.15) is 0 Å². The maximum atomic E-state index is 12.6. The van der Waals surface area contributed by atoms with Crippen LogP contribution in [-0.4, -0.2) is 18.9 Å². The van der Waals surface area contributed by atoms with E-state index in [1.54, 1.807) is 0 Å². The second-order valence-electron chi connectivity index (χ2n) is 5.42. The zero-order valence-electron chi connectivity index (χ0n) is 10.9. The molecule has 3 rings (SSSR count). The number of fused-ring (bicyclic) bond motifs is 3. The third-order valence-electron chi connectivity index (χ3n) is 4.65. The Balaban J connectivity index is 2.23. The normalized spacial score (nSPS) is 29.9. The van der Waals surface area contributed by atoms with Gasteiger partial charge in [-0.25, -0.2) is 0 Å². The lowest BCUT2D eigenvalue weighted by Crippen LogP contribution is -2.51. The molecular formula is C16H19NO. The van der Waals surface area contributed by atoms with Gasteiger partial charge in [0.15, 0.2) is 0 Å². The van der Waals surface area contributed by atoms with Gasteiger partial charge in [-0.15, -0.1) is 6.58 Å². The van der Waals surface area contributed by atoms with Crippen molar-refractivity contribution in [3.8, 4) is 0 Å². The topological polar surface area (TPSA) is 20.3 Å². The summed E-state index contributed by atoms with van der Waals surface area (Å²) in [4.78, 5) is 14.9. The minimum Gasteiger partial charge on any atom is -0.370 e. The molecule has 0 spiro atoms. The van der Waals surface area contributed by atoms with Gasteiger partial charge in [0, 0.05) is 25.2 Å². The molecule has 0 amide bonds. The molecule has 1 aliphatic carbocycles. The first-order valence-electron chi connectivity index (χ1n) is 6.68. The van der Waals surface area contributed by atoms with E-state index < -0.39 is 0 Å². The third-order valence-corrected chi connectivity index (χ3v) is 4.65. The van der Waals surface area contributed by atoms with E-state index in [2.05, 4.69) is 36.7 Å². The van der Waals surface area contributed by atoms with E-state index in [1.165, 1.54) is 11.3 Å². The first-order valence-corrected chi connectivity index (χ1v) is 6.68. The summed E-state index contributed by atoms with van der Waals surface area (Å²) in [5, 5.41) is 0. The molecule has 0 saturated heterocycles. The largest absolute Gasteiger partial charge is 0.370 e. The van der Waals surface area contributed by atoms with Crippen molar-refractivity contribution in [1.29, 1.82) is 0 Å². The minimum absolute atomic E-state index is 0.314. The number of ketones is 1. The number of rotatable bonds is 2. The number of carbonyl (C=O) groups excluding carboxylic acids is 1. The number of nitrogens with zero attached hydrogens (tertiary/aromatic N) is 1. The van der Waals surface area contributed by atoms with Gasteiger partial charge in [0.1, 0.15) is 5.78 Å². The molecule has 1 aliphatic heterocycles. The van der Waals surface area contributed by atoms with E-state index in [9.17, 15) is 4.79 Å². The molecule has 0 bridgehead atoms.